The van der Waals surface area contributed by atoms with Crippen LogP contribution in [0, 0.1) is 0 Å². The van der Waals surface area contributed by atoms with Gasteiger partial charge in [-0.2, -0.15) is 0 Å². The van der Waals surface area contributed by atoms with Gasteiger partial charge in [0.25, 0.3) is 6.43 Å². The third kappa shape index (κ3) is 6.40. The van der Waals surface area contributed by atoms with Crippen molar-refractivity contribution in [1.29, 1.82) is 0 Å². The van der Waals surface area contributed by atoms with Crippen molar-refractivity contribution < 1.29 is 13.5 Å². The Hall–Kier alpha value is -1.20. The van der Waals surface area contributed by atoms with E-state index in [1.807, 2.05) is 31.2 Å². The van der Waals surface area contributed by atoms with Crippen LogP contribution in [0.2, 0.25) is 0 Å². The van der Waals surface area contributed by atoms with E-state index < -0.39 is 6.43 Å². The van der Waals surface area contributed by atoms with Crippen LogP contribution in [0.1, 0.15) is 31.9 Å². The molecule has 1 aromatic rings. The molecule has 0 saturated heterocycles. The van der Waals surface area contributed by atoms with Crippen molar-refractivity contribution in [2.45, 2.75) is 32.7 Å². The molecular weight excluding hydrogens is 274 g/mol. The minimum absolute atomic E-state index is 0.0172. The zero-order chi connectivity index (χ0) is 15.7. The van der Waals surface area contributed by atoms with Crippen LogP contribution >= 0.6 is 0 Å². The molecule has 1 atom stereocenters. The van der Waals surface area contributed by atoms with Crippen molar-refractivity contribution in [3.8, 4) is 5.75 Å². The molecule has 0 radical (unpaired) electrons. The predicted octanol–water partition coefficient (Wildman–Crippen LogP) is 3.32. The van der Waals surface area contributed by atoms with Crippen LogP contribution in [-0.4, -0.2) is 44.6 Å². The van der Waals surface area contributed by atoms with E-state index >= 15 is 0 Å². The van der Waals surface area contributed by atoms with Crippen molar-refractivity contribution in [3.05, 3.63) is 29.8 Å². The monoisotopic (exact) mass is 300 g/mol. The van der Waals surface area contributed by atoms with E-state index in [-0.39, 0.29) is 12.6 Å². The van der Waals surface area contributed by atoms with Gasteiger partial charge < -0.3 is 10.1 Å². The van der Waals surface area contributed by atoms with E-state index in [4.69, 9.17) is 4.74 Å². The first-order valence-corrected chi connectivity index (χ1v) is 7.50. The van der Waals surface area contributed by atoms with Crippen LogP contribution in [0.4, 0.5) is 8.78 Å². The van der Waals surface area contributed by atoms with Crippen molar-refractivity contribution in [1.82, 2.24) is 10.2 Å². The molecule has 1 unspecified atom stereocenters. The molecule has 1 aromatic carbocycles. The Bertz CT molecular complexity index is 402. The fourth-order valence-electron chi connectivity index (χ4n) is 2.27. The molecular formula is C16H26F2N2O. The Kier molecular flexibility index (Phi) is 8.23. The van der Waals surface area contributed by atoms with E-state index in [0.717, 1.165) is 24.3 Å². The lowest BCUT2D eigenvalue weighted by Gasteiger charge is -2.26. The molecule has 21 heavy (non-hydrogen) atoms. The molecule has 0 bridgehead atoms. The number of hydrogen-bond acceptors (Lipinski definition) is 3. The molecule has 0 amide bonds. The van der Waals surface area contributed by atoms with Gasteiger partial charge in [-0.3, -0.25) is 4.90 Å². The molecule has 3 nitrogen and oxygen atoms in total. The molecule has 0 heterocycles. The number of ether oxygens (including phenoxy) is 1. The molecule has 0 aliphatic rings. The number of nitrogens with one attached hydrogen (secondary N) is 1. The quantitative estimate of drug-likeness (QED) is 0.717. The highest BCUT2D eigenvalue weighted by Gasteiger charge is 2.19. The number of nitrogens with zero attached hydrogens (tertiary/aromatic N) is 1. The highest BCUT2D eigenvalue weighted by molar-refractivity contribution is 5.36. The summed E-state index contributed by atoms with van der Waals surface area (Å²) < 4.78 is 30.7. The summed E-state index contributed by atoms with van der Waals surface area (Å²) in [6.07, 6.45) is -1.32. The van der Waals surface area contributed by atoms with Crippen molar-refractivity contribution >= 4 is 0 Å². The zero-order valence-corrected chi connectivity index (χ0v) is 13.1. The maximum Gasteiger partial charge on any atom is 0.251 e. The van der Waals surface area contributed by atoms with Crippen LogP contribution in [-0.2, 0) is 0 Å². The molecule has 0 spiro atoms. The smallest absolute Gasteiger partial charge is 0.251 e. The summed E-state index contributed by atoms with van der Waals surface area (Å²) in [6, 6.07) is 7.78. The lowest BCUT2D eigenvalue weighted by atomic mass is 10.0. The Labute approximate surface area is 126 Å². The lowest BCUT2D eigenvalue weighted by Crippen LogP contribution is -2.36. The Morgan fingerprint density at radius 3 is 2.52 bits per heavy atom. The Morgan fingerprint density at radius 1 is 1.19 bits per heavy atom. The molecule has 1 rings (SSSR count). The standard InChI is InChI=1S/C16H26F2N2O/c1-4-10-19-14(11-20(3)12-16(17)18)13-8-6-7-9-15(13)21-5-2/h6-9,14,16,19H,4-5,10-12H2,1-3H3. The van der Waals surface area contributed by atoms with Gasteiger partial charge >= 0.3 is 0 Å². The first-order valence-electron chi connectivity index (χ1n) is 7.50. The van der Waals surface area contributed by atoms with Gasteiger partial charge in [-0.15, -0.1) is 0 Å². The van der Waals surface area contributed by atoms with E-state index in [0.29, 0.717) is 13.2 Å². The highest BCUT2D eigenvalue weighted by Crippen LogP contribution is 2.26. The van der Waals surface area contributed by atoms with Crippen LogP contribution in [0.3, 0.4) is 0 Å². The summed E-state index contributed by atoms with van der Waals surface area (Å²) in [5.74, 6) is 0.819. The van der Waals surface area contributed by atoms with Crippen LogP contribution in [0.25, 0.3) is 0 Å². The summed E-state index contributed by atoms with van der Waals surface area (Å²) in [7, 11) is 1.72. The van der Waals surface area contributed by atoms with Gasteiger partial charge in [0.05, 0.1) is 13.2 Å². The van der Waals surface area contributed by atoms with E-state index in [1.54, 1.807) is 11.9 Å². The first-order chi connectivity index (χ1) is 10.1. The van der Waals surface area contributed by atoms with E-state index in [1.165, 1.54) is 0 Å². The molecule has 1 N–H and O–H groups in total. The second-order valence-corrected chi connectivity index (χ2v) is 5.09. The van der Waals surface area contributed by atoms with E-state index in [2.05, 4.69) is 12.2 Å². The van der Waals surface area contributed by atoms with Gasteiger partial charge in [-0.05, 0) is 33.0 Å². The van der Waals surface area contributed by atoms with Gasteiger partial charge in [-0.25, -0.2) is 8.78 Å². The zero-order valence-electron chi connectivity index (χ0n) is 13.1. The first kappa shape index (κ1) is 17.9. The number of benzene rings is 1. The van der Waals surface area contributed by atoms with Crippen molar-refractivity contribution in [2.75, 3.05) is 33.3 Å². The van der Waals surface area contributed by atoms with Crippen molar-refractivity contribution in [3.63, 3.8) is 0 Å². The maximum absolute atomic E-state index is 12.5. The SMILES string of the molecule is CCCNC(CN(C)CC(F)F)c1ccccc1OCC. The summed E-state index contributed by atoms with van der Waals surface area (Å²) >= 11 is 0. The average Bonchev–Trinajstić information content (AvgIpc) is 2.43. The van der Waals surface area contributed by atoms with Gasteiger partial charge in [0.15, 0.2) is 0 Å². The van der Waals surface area contributed by atoms with E-state index in [9.17, 15) is 8.78 Å². The summed E-state index contributed by atoms with van der Waals surface area (Å²) in [5.41, 5.74) is 1.02. The molecule has 0 aromatic heterocycles. The van der Waals surface area contributed by atoms with Gasteiger partial charge in [-0.1, -0.05) is 25.1 Å². The Balaban J connectivity index is 2.85. The topological polar surface area (TPSA) is 24.5 Å². The number of likely N-dealkylation sites (N-methyl/N-ethyl adjacent to an activating group) is 1. The fraction of sp³-hybridized carbons (Fsp3) is 0.625. The number of rotatable bonds is 10. The number of halogens is 2. The van der Waals surface area contributed by atoms with Gasteiger partial charge in [0, 0.05) is 18.2 Å². The highest BCUT2D eigenvalue weighted by atomic mass is 19.3. The molecule has 0 fully saturated rings. The number of alkyl halides is 2. The summed E-state index contributed by atoms with van der Waals surface area (Å²) in [6.45, 7) is 5.75. The fourth-order valence-corrected chi connectivity index (χ4v) is 2.27. The largest absolute Gasteiger partial charge is 0.494 e. The normalized spacial score (nSPS) is 12.9. The van der Waals surface area contributed by atoms with Crippen molar-refractivity contribution in [2.24, 2.45) is 0 Å². The van der Waals surface area contributed by atoms with Crippen LogP contribution < -0.4 is 10.1 Å². The Morgan fingerprint density at radius 2 is 1.90 bits per heavy atom. The van der Waals surface area contributed by atoms with Gasteiger partial charge in [0.2, 0.25) is 0 Å². The number of hydrogen-bond donors (Lipinski definition) is 1. The number of para-hydroxylation sites is 1. The second-order valence-electron chi connectivity index (χ2n) is 5.09. The lowest BCUT2D eigenvalue weighted by molar-refractivity contribution is 0.0957. The van der Waals surface area contributed by atoms with Crippen LogP contribution in [0.15, 0.2) is 24.3 Å². The second kappa shape index (κ2) is 9.68. The average molecular weight is 300 g/mol. The molecule has 0 aliphatic heterocycles. The molecule has 5 heteroatoms. The minimum atomic E-state index is -2.32. The molecule has 0 saturated carbocycles. The minimum Gasteiger partial charge on any atom is -0.494 e. The molecule has 0 aliphatic carbocycles. The summed E-state index contributed by atoms with van der Waals surface area (Å²) in [4.78, 5) is 1.65. The predicted molar refractivity (Wildman–Crippen MR) is 82.1 cm³/mol. The molecule has 120 valence electrons. The van der Waals surface area contributed by atoms with Crippen LogP contribution in [0.5, 0.6) is 5.75 Å². The summed E-state index contributed by atoms with van der Waals surface area (Å²) in [5, 5.41) is 3.42. The van der Waals surface area contributed by atoms with Gasteiger partial charge in [0.1, 0.15) is 5.75 Å². The third-order valence-corrected chi connectivity index (χ3v) is 3.18. The third-order valence-electron chi connectivity index (χ3n) is 3.18. The maximum atomic E-state index is 12.5.